The van der Waals surface area contributed by atoms with E-state index in [0.717, 1.165) is 28.9 Å². The molecule has 0 spiro atoms. The van der Waals surface area contributed by atoms with E-state index in [9.17, 15) is 4.79 Å². The lowest BCUT2D eigenvalue weighted by molar-refractivity contribution is 0.112. The Balaban J connectivity index is 2.37. The van der Waals surface area contributed by atoms with Crippen LogP contribution in [0, 0.1) is 12.8 Å². The van der Waals surface area contributed by atoms with Crippen LogP contribution in [0.2, 0.25) is 0 Å². The van der Waals surface area contributed by atoms with Crippen molar-refractivity contribution in [1.29, 1.82) is 0 Å². The first-order valence-corrected chi connectivity index (χ1v) is 6.74. The fraction of sp³-hybridized carbons (Fsp3) is 0.294. The second kappa shape index (κ2) is 6.33. The Hall–Kier alpha value is -2.16. The van der Waals surface area contributed by atoms with Gasteiger partial charge >= 0.3 is 0 Å². The average Bonchev–Trinajstić information content (AvgIpc) is 2.44. The van der Waals surface area contributed by atoms with E-state index in [1.54, 1.807) is 12.3 Å². The molecular formula is C17H19NO2. The summed E-state index contributed by atoms with van der Waals surface area (Å²) in [5.74, 6) is 1.18. The summed E-state index contributed by atoms with van der Waals surface area (Å²) in [5, 5.41) is 0. The van der Waals surface area contributed by atoms with Crippen molar-refractivity contribution in [2.75, 3.05) is 6.61 Å². The minimum absolute atomic E-state index is 0.446. The van der Waals surface area contributed by atoms with E-state index in [0.29, 0.717) is 18.1 Å². The van der Waals surface area contributed by atoms with Crippen molar-refractivity contribution in [3.05, 3.63) is 47.8 Å². The maximum atomic E-state index is 11.1. The molecule has 0 aliphatic rings. The summed E-state index contributed by atoms with van der Waals surface area (Å²) >= 11 is 0. The topological polar surface area (TPSA) is 39.2 Å². The SMILES string of the molecule is Cc1cc(-c2cc(C=O)cc(OCC(C)C)c2)ccn1. The number of aryl methyl sites for hydroxylation is 1. The Morgan fingerprint density at radius 2 is 2.00 bits per heavy atom. The number of hydrogen-bond donors (Lipinski definition) is 0. The second-order valence-electron chi connectivity index (χ2n) is 5.30. The molecule has 0 saturated heterocycles. The van der Waals surface area contributed by atoms with Gasteiger partial charge in [0, 0.05) is 17.5 Å². The predicted octanol–water partition coefficient (Wildman–Crippen LogP) is 3.90. The maximum absolute atomic E-state index is 11.1. The number of rotatable bonds is 5. The molecule has 1 heterocycles. The standard InChI is InChI=1S/C17H19NO2/c1-12(2)11-20-17-8-14(10-19)7-16(9-17)15-4-5-18-13(3)6-15/h4-10,12H,11H2,1-3H3. The molecule has 0 saturated carbocycles. The minimum atomic E-state index is 0.446. The number of aldehydes is 1. The Morgan fingerprint density at radius 3 is 2.65 bits per heavy atom. The van der Waals surface area contributed by atoms with Gasteiger partial charge in [-0.3, -0.25) is 9.78 Å². The van der Waals surface area contributed by atoms with Crippen molar-refractivity contribution in [3.63, 3.8) is 0 Å². The van der Waals surface area contributed by atoms with Gasteiger partial charge in [0.2, 0.25) is 0 Å². The number of benzene rings is 1. The Bertz CT molecular complexity index is 606. The zero-order chi connectivity index (χ0) is 14.5. The summed E-state index contributed by atoms with van der Waals surface area (Å²) in [5.41, 5.74) is 3.58. The van der Waals surface area contributed by atoms with Crippen LogP contribution in [0.15, 0.2) is 36.5 Å². The smallest absolute Gasteiger partial charge is 0.150 e. The fourth-order valence-corrected chi connectivity index (χ4v) is 1.93. The highest BCUT2D eigenvalue weighted by Crippen LogP contribution is 2.26. The number of ether oxygens (including phenoxy) is 1. The van der Waals surface area contributed by atoms with Crippen LogP contribution in [0.5, 0.6) is 5.75 Å². The van der Waals surface area contributed by atoms with Gasteiger partial charge in [-0.2, -0.15) is 0 Å². The molecule has 3 heteroatoms. The van der Waals surface area contributed by atoms with Gasteiger partial charge < -0.3 is 4.74 Å². The van der Waals surface area contributed by atoms with E-state index in [1.807, 2.05) is 31.2 Å². The van der Waals surface area contributed by atoms with Crippen LogP contribution in [0.4, 0.5) is 0 Å². The number of carbonyl (C=O) groups excluding carboxylic acids is 1. The highest BCUT2D eigenvalue weighted by molar-refractivity contribution is 5.80. The summed E-state index contributed by atoms with van der Waals surface area (Å²) in [6.45, 7) is 6.77. The lowest BCUT2D eigenvalue weighted by Crippen LogP contribution is -2.04. The van der Waals surface area contributed by atoms with Crippen LogP contribution in [-0.2, 0) is 0 Å². The Labute approximate surface area is 119 Å². The molecule has 2 rings (SSSR count). The summed E-state index contributed by atoms with van der Waals surface area (Å²) < 4.78 is 5.73. The van der Waals surface area contributed by atoms with Crippen molar-refractivity contribution in [2.24, 2.45) is 5.92 Å². The van der Waals surface area contributed by atoms with Crippen LogP contribution in [0.1, 0.15) is 29.9 Å². The largest absolute Gasteiger partial charge is 0.493 e. The first kappa shape index (κ1) is 14.3. The van der Waals surface area contributed by atoms with Gasteiger partial charge in [-0.15, -0.1) is 0 Å². The van der Waals surface area contributed by atoms with Gasteiger partial charge in [-0.1, -0.05) is 13.8 Å². The monoisotopic (exact) mass is 269 g/mol. The van der Waals surface area contributed by atoms with Gasteiger partial charge in [0.25, 0.3) is 0 Å². The van der Waals surface area contributed by atoms with Crippen molar-refractivity contribution >= 4 is 6.29 Å². The molecule has 0 unspecified atom stereocenters. The molecule has 0 fully saturated rings. The quantitative estimate of drug-likeness (QED) is 0.773. The third kappa shape index (κ3) is 3.67. The van der Waals surface area contributed by atoms with Gasteiger partial charge in [0.1, 0.15) is 12.0 Å². The molecule has 0 aliphatic heterocycles. The number of nitrogens with zero attached hydrogens (tertiary/aromatic N) is 1. The zero-order valence-corrected chi connectivity index (χ0v) is 12.1. The van der Waals surface area contributed by atoms with Crippen LogP contribution in [0.25, 0.3) is 11.1 Å². The van der Waals surface area contributed by atoms with Gasteiger partial charge in [-0.25, -0.2) is 0 Å². The summed E-state index contributed by atoms with van der Waals surface area (Å²) in [7, 11) is 0. The van der Waals surface area contributed by atoms with E-state index >= 15 is 0 Å². The van der Waals surface area contributed by atoms with E-state index < -0.39 is 0 Å². The lowest BCUT2D eigenvalue weighted by Gasteiger charge is -2.11. The third-order valence-corrected chi connectivity index (χ3v) is 2.88. The molecule has 0 aliphatic carbocycles. The summed E-state index contributed by atoms with van der Waals surface area (Å²) in [6.07, 6.45) is 2.62. The highest BCUT2D eigenvalue weighted by Gasteiger charge is 2.05. The average molecular weight is 269 g/mol. The van der Waals surface area contributed by atoms with E-state index in [4.69, 9.17) is 4.74 Å². The molecule has 0 bridgehead atoms. The molecule has 1 aromatic carbocycles. The van der Waals surface area contributed by atoms with Crippen LogP contribution in [-0.4, -0.2) is 17.9 Å². The van der Waals surface area contributed by atoms with Crippen molar-refractivity contribution in [3.8, 4) is 16.9 Å². The number of pyridine rings is 1. The molecule has 104 valence electrons. The van der Waals surface area contributed by atoms with Crippen LogP contribution < -0.4 is 4.74 Å². The first-order chi connectivity index (χ1) is 9.58. The number of carbonyl (C=O) groups is 1. The normalized spacial score (nSPS) is 10.6. The first-order valence-electron chi connectivity index (χ1n) is 6.74. The van der Waals surface area contributed by atoms with Crippen molar-refractivity contribution < 1.29 is 9.53 Å². The molecule has 1 aromatic heterocycles. The van der Waals surface area contributed by atoms with E-state index in [2.05, 4.69) is 18.8 Å². The van der Waals surface area contributed by atoms with Gasteiger partial charge in [0.05, 0.1) is 6.61 Å². The van der Waals surface area contributed by atoms with Gasteiger partial charge in [-0.05, 0) is 54.3 Å². The number of hydrogen-bond acceptors (Lipinski definition) is 3. The fourth-order valence-electron chi connectivity index (χ4n) is 1.93. The van der Waals surface area contributed by atoms with Crippen molar-refractivity contribution in [2.45, 2.75) is 20.8 Å². The molecule has 0 amide bonds. The van der Waals surface area contributed by atoms with Crippen LogP contribution in [0.3, 0.4) is 0 Å². The Morgan fingerprint density at radius 1 is 1.20 bits per heavy atom. The summed E-state index contributed by atoms with van der Waals surface area (Å²) in [4.78, 5) is 15.3. The lowest BCUT2D eigenvalue weighted by atomic mass is 10.0. The van der Waals surface area contributed by atoms with E-state index in [-0.39, 0.29) is 0 Å². The van der Waals surface area contributed by atoms with Gasteiger partial charge in [0.15, 0.2) is 0 Å². The zero-order valence-electron chi connectivity index (χ0n) is 12.1. The minimum Gasteiger partial charge on any atom is -0.493 e. The highest BCUT2D eigenvalue weighted by atomic mass is 16.5. The van der Waals surface area contributed by atoms with E-state index in [1.165, 1.54) is 0 Å². The summed E-state index contributed by atoms with van der Waals surface area (Å²) in [6, 6.07) is 9.53. The predicted molar refractivity (Wildman–Crippen MR) is 80.1 cm³/mol. The molecule has 0 N–H and O–H groups in total. The molecule has 0 atom stereocenters. The van der Waals surface area contributed by atoms with Crippen LogP contribution >= 0.6 is 0 Å². The molecule has 0 radical (unpaired) electrons. The number of aromatic nitrogens is 1. The molecular weight excluding hydrogens is 250 g/mol. The second-order valence-corrected chi connectivity index (χ2v) is 5.30. The Kier molecular flexibility index (Phi) is 4.51. The maximum Gasteiger partial charge on any atom is 0.150 e. The van der Waals surface area contributed by atoms with Crippen molar-refractivity contribution in [1.82, 2.24) is 4.98 Å². The molecule has 2 aromatic rings. The molecule has 20 heavy (non-hydrogen) atoms. The molecule has 3 nitrogen and oxygen atoms in total. The third-order valence-electron chi connectivity index (χ3n) is 2.88.